The lowest BCUT2D eigenvalue weighted by molar-refractivity contribution is -0.384. The number of amides is 1. The van der Waals surface area contributed by atoms with Gasteiger partial charge in [-0.2, -0.15) is 0 Å². The van der Waals surface area contributed by atoms with Crippen molar-refractivity contribution in [1.82, 2.24) is 10.3 Å². The number of nitrogens with zero attached hydrogens (tertiary/aromatic N) is 1. The molecule has 1 heterocycles. The van der Waals surface area contributed by atoms with Crippen LogP contribution in [0.25, 0.3) is 10.9 Å². The summed E-state index contributed by atoms with van der Waals surface area (Å²) in [5.74, 6) is -0.251. The monoisotopic (exact) mass is 219 g/mol. The largest absolute Gasteiger partial charge is 0.354 e. The Morgan fingerprint density at radius 1 is 1.44 bits per heavy atom. The van der Waals surface area contributed by atoms with Crippen molar-refractivity contribution in [3.8, 4) is 0 Å². The topological polar surface area (TPSA) is 88.0 Å². The molecule has 0 spiro atoms. The number of aromatic amines is 1. The predicted octanol–water partition coefficient (Wildman–Crippen LogP) is 1.44. The van der Waals surface area contributed by atoms with Crippen LogP contribution >= 0.6 is 0 Å². The number of nitrogens with one attached hydrogen (secondary N) is 2. The smallest absolute Gasteiger partial charge is 0.270 e. The number of fused-ring (bicyclic) bond motifs is 1. The van der Waals surface area contributed by atoms with Crippen molar-refractivity contribution in [3.05, 3.63) is 40.1 Å². The van der Waals surface area contributed by atoms with Crippen LogP contribution in [0.1, 0.15) is 10.5 Å². The maximum atomic E-state index is 11.3. The van der Waals surface area contributed by atoms with Gasteiger partial charge in [0.05, 0.1) is 4.92 Å². The van der Waals surface area contributed by atoms with Crippen molar-refractivity contribution in [1.29, 1.82) is 0 Å². The summed E-state index contributed by atoms with van der Waals surface area (Å²) in [6.45, 7) is 0. The molecule has 0 fully saturated rings. The Kier molecular flexibility index (Phi) is 2.32. The van der Waals surface area contributed by atoms with Gasteiger partial charge in [-0.25, -0.2) is 0 Å². The summed E-state index contributed by atoms with van der Waals surface area (Å²) in [6.07, 6.45) is 0. The molecule has 2 N–H and O–H groups in total. The number of aromatic nitrogens is 1. The minimum atomic E-state index is -0.466. The highest BCUT2D eigenvalue weighted by molar-refractivity contribution is 5.98. The van der Waals surface area contributed by atoms with Crippen molar-refractivity contribution >= 4 is 22.5 Å². The van der Waals surface area contributed by atoms with E-state index in [1.807, 2.05) is 0 Å². The average Bonchev–Trinajstić information content (AvgIpc) is 2.70. The standard InChI is InChI=1S/C10H9N3O3/c1-11-10(14)9-5-6-4-7(13(15)16)2-3-8(6)12-9/h2-5,12H,1H3,(H,11,14). The van der Waals surface area contributed by atoms with Gasteiger partial charge in [0, 0.05) is 30.1 Å². The molecule has 0 saturated heterocycles. The van der Waals surface area contributed by atoms with Gasteiger partial charge in [0.15, 0.2) is 0 Å². The summed E-state index contributed by atoms with van der Waals surface area (Å²) in [6, 6.07) is 5.99. The van der Waals surface area contributed by atoms with Crippen LogP contribution in [-0.4, -0.2) is 22.9 Å². The molecule has 1 aromatic carbocycles. The molecule has 0 unspecified atom stereocenters. The summed E-state index contributed by atoms with van der Waals surface area (Å²) in [7, 11) is 1.52. The fraction of sp³-hybridized carbons (Fsp3) is 0.100. The van der Waals surface area contributed by atoms with Crippen molar-refractivity contribution in [2.45, 2.75) is 0 Å². The van der Waals surface area contributed by atoms with Gasteiger partial charge in [-0.3, -0.25) is 14.9 Å². The Hall–Kier alpha value is -2.37. The highest BCUT2D eigenvalue weighted by Crippen LogP contribution is 2.21. The van der Waals surface area contributed by atoms with Crippen molar-refractivity contribution in [2.24, 2.45) is 0 Å². The third kappa shape index (κ3) is 1.60. The van der Waals surface area contributed by atoms with E-state index in [1.54, 1.807) is 12.1 Å². The number of nitro benzene ring substituents is 1. The Bertz CT molecular complexity index is 574. The van der Waals surface area contributed by atoms with E-state index in [2.05, 4.69) is 10.3 Å². The van der Waals surface area contributed by atoms with Gasteiger partial charge in [-0.15, -0.1) is 0 Å². The van der Waals surface area contributed by atoms with Crippen molar-refractivity contribution in [2.75, 3.05) is 7.05 Å². The number of carbonyl (C=O) groups is 1. The van der Waals surface area contributed by atoms with E-state index in [0.717, 1.165) is 0 Å². The third-order valence-electron chi connectivity index (χ3n) is 2.29. The summed E-state index contributed by atoms with van der Waals surface area (Å²) in [5, 5.41) is 13.7. The zero-order chi connectivity index (χ0) is 11.7. The Balaban J connectivity index is 2.54. The van der Waals surface area contributed by atoms with E-state index in [4.69, 9.17) is 0 Å². The van der Waals surface area contributed by atoms with Gasteiger partial charge in [0.2, 0.25) is 0 Å². The second-order valence-corrected chi connectivity index (χ2v) is 3.29. The first kappa shape index (κ1) is 10.2. The van der Waals surface area contributed by atoms with Gasteiger partial charge >= 0.3 is 0 Å². The maximum absolute atomic E-state index is 11.3. The van der Waals surface area contributed by atoms with E-state index in [9.17, 15) is 14.9 Å². The molecule has 16 heavy (non-hydrogen) atoms. The van der Waals surface area contributed by atoms with E-state index < -0.39 is 4.92 Å². The highest BCUT2D eigenvalue weighted by atomic mass is 16.6. The molecule has 0 atom stereocenters. The minimum Gasteiger partial charge on any atom is -0.354 e. The number of hydrogen-bond acceptors (Lipinski definition) is 3. The van der Waals surface area contributed by atoms with Crippen molar-refractivity contribution in [3.63, 3.8) is 0 Å². The SMILES string of the molecule is CNC(=O)c1cc2cc([N+](=O)[O-])ccc2[nH]1. The number of rotatable bonds is 2. The molecule has 6 heteroatoms. The van der Waals surface area contributed by atoms with Crippen LogP contribution in [0.4, 0.5) is 5.69 Å². The molecule has 0 aliphatic rings. The molecule has 2 aromatic rings. The molecule has 0 radical (unpaired) electrons. The van der Waals surface area contributed by atoms with Gasteiger partial charge in [0.1, 0.15) is 5.69 Å². The number of benzene rings is 1. The number of hydrogen-bond donors (Lipinski definition) is 2. The third-order valence-corrected chi connectivity index (χ3v) is 2.29. The maximum Gasteiger partial charge on any atom is 0.270 e. The molecule has 0 aliphatic carbocycles. The lowest BCUT2D eigenvalue weighted by Crippen LogP contribution is -2.17. The van der Waals surface area contributed by atoms with Gasteiger partial charge in [-0.1, -0.05) is 0 Å². The van der Waals surface area contributed by atoms with E-state index in [0.29, 0.717) is 16.6 Å². The summed E-state index contributed by atoms with van der Waals surface area (Å²) >= 11 is 0. The predicted molar refractivity (Wildman–Crippen MR) is 58.3 cm³/mol. The van der Waals surface area contributed by atoms with Crippen LogP contribution in [0.15, 0.2) is 24.3 Å². The van der Waals surface area contributed by atoms with Crippen LogP contribution in [0.3, 0.4) is 0 Å². The van der Waals surface area contributed by atoms with E-state index in [-0.39, 0.29) is 11.6 Å². The highest BCUT2D eigenvalue weighted by Gasteiger charge is 2.11. The first-order chi connectivity index (χ1) is 7.61. The van der Waals surface area contributed by atoms with Gasteiger partial charge < -0.3 is 10.3 Å². The fourth-order valence-corrected chi connectivity index (χ4v) is 1.49. The minimum absolute atomic E-state index is 0.00922. The van der Waals surface area contributed by atoms with Crippen LogP contribution in [0, 0.1) is 10.1 Å². The van der Waals surface area contributed by atoms with Gasteiger partial charge in [-0.05, 0) is 12.1 Å². The van der Waals surface area contributed by atoms with E-state index >= 15 is 0 Å². The zero-order valence-corrected chi connectivity index (χ0v) is 8.48. The summed E-state index contributed by atoms with van der Waals surface area (Å²) in [4.78, 5) is 24.3. The molecular weight excluding hydrogens is 210 g/mol. The first-order valence-corrected chi connectivity index (χ1v) is 4.61. The molecule has 6 nitrogen and oxygen atoms in total. The number of non-ortho nitro benzene ring substituents is 1. The van der Waals surface area contributed by atoms with Crippen LogP contribution < -0.4 is 5.32 Å². The summed E-state index contributed by atoms with van der Waals surface area (Å²) in [5.41, 5.74) is 1.09. The Labute approximate surface area is 90.4 Å². The van der Waals surface area contributed by atoms with Gasteiger partial charge in [0.25, 0.3) is 11.6 Å². The van der Waals surface area contributed by atoms with Crippen LogP contribution in [0.2, 0.25) is 0 Å². The second kappa shape index (κ2) is 3.65. The number of H-pyrrole nitrogens is 1. The fourth-order valence-electron chi connectivity index (χ4n) is 1.49. The lowest BCUT2D eigenvalue weighted by atomic mass is 10.2. The first-order valence-electron chi connectivity index (χ1n) is 4.61. The van der Waals surface area contributed by atoms with Crippen molar-refractivity contribution < 1.29 is 9.72 Å². The van der Waals surface area contributed by atoms with Crippen LogP contribution in [0.5, 0.6) is 0 Å². The Morgan fingerprint density at radius 3 is 2.81 bits per heavy atom. The van der Waals surface area contributed by atoms with Crippen LogP contribution in [-0.2, 0) is 0 Å². The average molecular weight is 219 g/mol. The Morgan fingerprint density at radius 2 is 2.19 bits per heavy atom. The molecule has 1 aromatic heterocycles. The van der Waals surface area contributed by atoms with E-state index in [1.165, 1.54) is 19.2 Å². The quantitative estimate of drug-likeness (QED) is 0.591. The lowest BCUT2D eigenvalue weighted by Gasteiger charge is -1.92. The molecular formula is C10H9N3O3. The summed E-state index contributed by atoms with van der Waals surface area (Å²) < 4.78 is 0. The molecule has 2 rings (SSSR count). The molecule has 0 aliphatic heterocycles. The molecule has 0 saturated carbocycles. The molecule has 0 bridgehead atoms. The zero-order valence-electron chi connectivity index (χ0n) is 8.48. The number of nitro groups is 1. The number of carbonyl (C=O) groups excluding carboxylic acids is 1. The normalized spacial score (nSPS) is 10.3. The molecule has 1 amide bonds. The molecule has 82 valence electrons. The second-order valence-electron chi connectivity index (χ2n) is 3.29.